The molecule has 0 aliphatic carbocycles. The van der Waals surface area contributed by atoms with Crippen LogP contribution in [0.5, 0.6) is 0 Å². The van der Waals surface area contributed by atoms with Gasteiger partial charge in [-0.2, -0.15) is 0 Å². The van der Waals surface area contributed by atoms with E-state index in [9.17, 15) is 0 Å². The Morgan fingerprint density at radius 3 is 1.73 bits per heavy atom. The standard InChI is InChI=1S/C56H36N2OS/c1-2-12-37(13-3-1)38-24-26-39(27-25-38)40-28-30-42(31-29-40)57(45-15-10-14-41(36-45)46-19-11-20-48-47-16-6-9-23-53(47)60-55(46)48)43-32-34-44(35-33-43)58-51-21-7-4-17-49(51)54-50-18-5-8-22-52(50)59-56(54)58/h1-36H. The summed E-state index contributed by atoms with van der Waals surface area (Å²) in [4.78, 5) is 2.37. The molecule has 12 aromatic rings. The quantitative estimate of drug-likeness (QED) is 0.161. The third kappa shape index (κ3) is 5.65. The minimum absolute atomic E-state index is 0.859. The van der Waals surface area contributed by atoms with Gasteiger partial charge in [-0.3, -0.25) is 4.57 Å². The first-order valence-electron chi connectivity index (χ1n) is 20.3. The second-order valence-electron chi connectivity index (χ2n) is 15.3. The van der Waals surface area contributed by atoms with Gasteiger partial charge in [-0.05, 0) is 100 Å². The summed E-state index contributed by atoms with van der Waals surface area (Å²) in [5.74, 6) is 0. The largest absolute Gasteiger partial charge is 0.439 e. The summed E-state index contributed by atoms with van der Waals surface area (Å²) in [6.45, 7) is 0. The molecule has 282 valence electrons. The molecule has 60 heavy (non-hydrogen) atoms. The Morgan fingerprint density at radius 2 is 0.967 bits per heavy atom. The molecule has 0 saturated carbocycles. The smallest absolute Gasteiger partial charge is 0.213 e. The fraction of sp³-hybridized carbons (Fsp3) is 0. The van der Waals surface area contributed by atoms with Crippen molar-refractivity contribution in [3.63, 3.8) is 0 Å². The number of rotatable bonds is 7. The third-order valence-corrected chi connectivity index (χ3v) is 13.1. The molecular weight excluding hydrogens is 749 g/mol. The molecule has 0 aliphatic rings. The molecule has 0 unspecified atom stereocenters. The van der Waals surface area contributed by atoms with E-state index < -0.39 is 0 Å². The number of anilines is 3. The average molecular weight is 785 g/mol. The molecule has 0 atom stereocenters. The van der Waals surface area contributed by atoms with Crippen LogP contribution in [0.25, 0.3) is 92.2 Å². The topological polar surface area (TPSA) is 21.3 Å². The number of nitrogens with zero attached hydrogens (tertiary/aromatic N) is 2. The van der Waals surface area contributed by atoms with Crippen molar-refractivity contribution in [3.05, 3.63) is 218 Å². The van der Waals surface area contributed by atoms with E-state index in [4.69, 9.17) is 4.42 Å². The van der Waals surface area contributed by atoms with Gasteiger partial charge in [0.1, 0.15) is 5.58 Å². The summed E-state index contributed by atoms with van der Waals surface area (Å²) >= 11 is 1.87. The summed E-state index contributed by atoms with van der Waals surface area (Å²) in [7, 11) is 0. The normalized spacial score (nSPS) is 11.7. The van der Waals surface area contributed by atoms with Crippen LogP contribution in [0.15, 0.2) is 223 Å². The predicted molar refractivity (Wildman–Crippen MR) is 254 cm³/mol. The van der Waals surface area contributed by atoms with E-state index in [0.29, 0.717) is 0 Å². The highest BCUT2D eigenvalue weighted by Gasteiger charge is 2.20. The molecule has 3 heterocycles. The van der Waals surface area contributed by atoms with Crippen molar-refractivity contribution in [2.24, 2.45) is 0 Å². The Hall–Kier alpha value is -7.66. The van der Waals surface area contributed by atoms with Gasteiger partial charge in [-0.15, -0.1) is 11.3 Å². The maximum absolute atomic E-state index is 6.57. The monoisotopic (exact) mass is 784 g/mol. The van der Waals surface area contributed by atoms with Crippen LogP contribution in [0.4, 0.5) is 17.1 Å². The Bertz CT molecular complexity index is 3520. The molecule has 9 aromatic carbocycles. The van der Waals surface area contributed by atoms with Crippen molar-refractivity contribution in [1.29, 1.82) is 0 Å². The van der Waals surface area contributed by atoms with E-state index in [1.807, 2.05) is 17.4 Å². The minimum Gasteiger partial charge on any atom is -0.439 e. The number of benzene rings is 9. The molecule has 0 radical (unpaired) electrons. The Kier molecular flexibility index (Phi) is 8.03. The van der Waals surface area contributed by atoms with Crippen molar-refractivity contribution in [2.75, 3.05) is 4.90 Å². The molecule has 0 fully saturated rings. The Balaban J connectivity index is 0.973. The highest BCUT2D eigenvalue weighted by molar-refractivity contribution is 7.26. The number of fused-ring (bicyclic) bond motifs is 8. The molecule has 0 amide bonds. The van der Waals surface area contributed by atoms with E-state index in [0.717, 1.165) is 50.3 Å². The van der Waals surface area contributed by atoms with Crippen molar-refractivity contribution >= 4 is 81.5 Å². The van der Waals surface area contributed by atoms with E-state index >= 15 is 0 Å². The van der Waals surface area contributed by atoms with Crippen molar-refractivity contribution in [2.45, 2.75) is 0 Å². The van der Waals surface area contributed by atoms with Crippen LogP contribution in [-0.4, -0.2) is 4.57 Å². The van der Waals surface area contributed by atoms with Gasteiger partial charge in [0.05, 0.1) is 10.9 Å². The highest BCUT2D eigenvalue weighted by atomic mass is 32.1. The summed E-state index contributed by atoms with van der Waals surface area (Å²) < 4.78 is 11.4. The van der Waals surface area contributed by atoms with Gasteiger partial charge in [0, 0.05) is 53.7 Å². The molecule has 0 saturated heterocycles. The van der Waals surface area contributed by atoms with E-state index in [1.54, 1.807) is 0 Å². The predicted octanol–water partition coefficient (Wildman–Crippen LogP) is 16.4. The van der Waals surface area contributed by atoms with Crippen LogP contribution in [-0.2, 0) is 0 Å². The van der Waals surface area contributed by atoms with Crippen LogP contribution in [0.1, 0.15) is 0 Å². The fourth-order valence-electron chi connectivity index (χ4n) is 8.97. The maximum Gasteiger partial charge on any atom is 0.213 e. The van der Waals surface area contributed by atoms with Crippen LogP contribution < -0.4 is 4.90 Å². The Labute approximate surface area is 351 Å². The lowest BCUT2D eigenvalue weighted by Crippen LogP contribution is -2.10. The van der Waals surface area contributed by atoms with Gasteiger partial charge in [0.15, 0.2) is 0 Å². The van der Waals surface area contributed by atoms with Gasteiger partial charge in [-0.1, -0.05) is 152 Å². The number of thiophene rings is 1. The third-order valence-electron chi connectivity index (χ3n) is 11.8. The first-order valence-corrected chi connectivity index (χ1v) is 21.1. The molecule has 4 heteroatoms. The zero-order valence-electron chi connectivity index (χ0n) is 32.5. The number of aromatic nitrogens is 1. The van der Waals surface area contributed by atoms with E-state index in [2.05, 4.69) is 222 Å². The minimum atomic E-state index is 0.859. The first-order chi connectivity index (χ1) is 29.7. The first kappa shape index (κ1) is 34.4. The molecule has 0 bridgehead atoms. The number of para-hydroxylation sites is 2. The number of hydrogen-bond donors (Lipinski definition) is 0. The lowest BCUT2D eigenvalue weighted by molar-refractivity contribution is 0.645. The van der Waals surface area contributed by atoms with Gasteiger partial charge < -0.3 is 9.32 Å². The van der Waals surface area contributed by atoms with E-state index in [-0.39, 0.29) is 0 Å². The average Bonchev–Trinajstić information content (AvgIpc) is 3.99. The van der Waals surface area contributed by atoms with Crippen LogP contribution in [0, 0.1) is 0 Å². The summed E-state index contributed by atoms with van der Waals surface area (Å²) in [5, 5.41) is 6.07. The van der Waals surface area contributed by atoms with Crippen molar-refractivity contribution in [1.82, 2.24) is 4.57 Å². The molecule has 0 aliphatic heterocycles. The van der Waals surface area contributed by atoms with Crippen molar-refractivity contribution in [3.8, 4) is 39.1 Å². The molecule has 0 spiro atoms. The molecule has 3 aromatic heterocycles. The lowest BCUT2D eigenvalue weighted by Gasteiger charge is -2.26. The van der Waals surface area contributed by atoms with Gasteiger partial charge >= 0.3 is 0 Å². The van der Waals surface area contributed by atoms with Crippen LogP contribution in [0.3, 0.4) is 0 Å². The van der Waals surface area contributed by atoms with E-state index in [1.165, 1.54) is 58.9 Å². The molecule has 0 N–H and O–H groups in total. The maximum atomic E-state index is 6.57. The highest BCUT2D eigenvalue weighted by Crippen LogP contribution is 2.44. The van der Waals surface area contributed by atoms with Gasteiger partial charge in [-0.25, -0.2) is 0 Å². The summed E-state index contributed by atoms with van der Waals surface area (Å²) in [6.07, 6.45) is 0. The van der Waals surface area contributed by atoms with Crippen LogP contribution >= 0.6 is 11.3 Å². The zero-order chi connectivity index (χ0) is 39.6. The van der Waals surface area contributed by atoms with Crippen molar-refractivity contribution < 1.29 is 4.42 Å². The van der Waals surface area contributed by atoms with Gasteiger partial charge in [0.2, 0.25) is 5.71 Å². The summed E-state index contributed by atoms with van der Waals surface area (Å²) in [5.41, 5.74) is 14.4. The van der Waals surface area contributed by atoms with Gasteiger partial charge in [0.25, 0.3) is 0 Å². The SMILES string of the molecule is c1ccc(-c2ccc(-c3ccc(N(c4ccc(-n5c6ccccc6c6c7ccccc7oc65)cc4)c4cccc(-c5cccc6c5sc5ccccc56)c4)cc3)cc2)cc1. The lowest BCUT2D eigenvalue weighted by atomic mass is 10.00. The number of hydrogen-bond acceptors (Lipinski definition) is 3. The second kappa shape index (κ2) is 14.0. The number of furan rings is 1. The summed E-state index contributed by atoms with van der Waals surface area (Å²) in [6, 6.07) is 78.5. The molecular formula is C56H36N2OS. The Morgan fingerprint density at radius 1 is 0.400 bits per heavy atom. The van der Waals surface area contributed by atoms with Crippen LogP contribution in [0.2, 0.25) is 0 Å². The fourth-order valence-corrected chi connectivity index (χ4v) is 10.2. The zero-order valence-corrected chi connectivity index (χ0v) is 33.3. The second-order valence-corrected chi connectivity index (χ2v) is 16.4. The molecule has 12 rings (SSSR count). The molecule has 3 nitrogen and oxygen atoms in total.